The average Bonchev–Trinajstić information content (AvgIpc) is 2.39. The van der Waals surface area contributed by atoms with Gasteiger partial charge in [-0.3, -0.25) is 4.79 Å². The average molecular weight is 286 g/mol. The van der Waals surface area contributed by atoms with Gasteiger partial charge in [0.2, 0.25) is 5.91 Å². The first-order valence-electron chi connectivity index (χ1n) is 7.46. The SMILES string of the molecule is CCNC(=O)CN=C(NCC)NCCCOCC(C)C. The third-order valence-electron chi connectivity index (χ3n) is 2.31. The van der Waals surface area contributed by atoms with Crippen molar-refractivity contribution in [1.29, 1.82) is 0 Å². The highest BCUT2D eigenvalue weighted by molar-refractivity contribution is 5.84. The fraction of sp³-hybridized carbons (Fsp3) is 0.857. The first-order chi connectivity index (χ1) is 9.60. The van der Waals surface area contributed by atoms with Crippen molar-refractivity contribution in [3.63, 3.8) is 0 Å². The number of hydrogen-bond acceptors (Lipinski definition) is 3. The van der Waals surface area contributed by atoms with E-state index >= 15 is 0 Å². The molecule has 20 heavy (non-hydrogen) atoms. The van der Waals surface area contributed by atoms with E-state index in [9.17, 15) is 4.79 Å². The monoisotopic (exact) mass is 286 g/mol. The number of rotatable bonds is 10. The number of amides is 1. The normalized spacial score (nSPS) is 11.6. The smallest absolute Gasteiger partial charge is 0.241 e. The molecular weight excluding hydrogens is 256 g/mol. The first-order valence-corrected chi connectivity index (χ1v) is 7.46. The van der Waals surface area contributed by atoms with Gasteiger partial charge >= 0.3 is 0 Å². The Hall–Kier alpha value is -1.30. The van der Waals surface area contributed by atoms with E-state index in [4.69, 9.17) is 4.74 Å². The van der Waals surface area contributed by atoms with Crippen molar-refractivity contribution in [2.75, 3.05) is 39.4 Å². The Morgan fingerprint density at radius 2 is 1.85 bits per heavy atom. The van der Waals surface area contributed by atoms with Crippen molar-refractivity contribution in [1.82, 2.24) is 16.0 Å². The molecule has 0 radical (unpaired) electrons. The molecule has 3 N–H and O–H groups in total. The third kappa shape index (κ3) is 11.8. The Morgan fingerprint density at radius 1 is 1.15 bits per heavy atom. The molecule has 0 heterocycles. The van der Waals surface area contributed by atoms with Crippen LogP contribution in [0.5, 0.6) is 0 Å². The zero-order valence-corrected chi connectivity index (χ0v) is 13.3. The lowest BCUT2D eigenvalue weighted by molar-refractivity contribution is -0.119. The summed E-state index contributed by atoms with van der Waals surface area (Å²) in [5.74, 6) is 1.17. The summed E-state index contributed by atoms with van der Waals surface area (Å²) in [6.07, 6.45) is 0.915. The maximum Gasteiger partial charge on any atom is 0.241 e. The standard InChI is InChI=1S/C14H30N4O2/c1-5-15-13(19)10-18-14(16-6-2)17-8-7-9-20-11-12(3)4/h12H,5-11H2,1-4H3,(H,15,19)(H2,16,17,18). The van der Waals surface area contributed by atoms with E-state index in [1.54, 1.807) is 0 Å². The summed E-state index contributed by atoms with van der Waals surface area (Å²) in [7, 11) is 0. The summed E-state index contributed by atoms with van der Waals surface area (Å²) in [6, 6.07) is 0. The lowest BCUT2D eigenvalue weighted by atomic mass is 10.2. The van der Waals surface area contributed by atoms with Crippen LogP contribution in [0.2, 0.25) is 0 Å². The molecule has 0 aliphatic rings. The van der Waals surface area contributed by atoms with Gasteiger partial charge in [0, 0.05) is 32.8 Å². The lowest BCUT2D eigenvalue weighted by Gasteiger charge is -2.11. The Kier molecular flexibility index (Phi) is 11.9. The van der Waals surface area contributed by atoms with Crippen molar-refractivity contribution in [2.24, 2.45) is 10.9 Å². The molecule has 0 aliphatic heterocycles. The molecule has 0 rings (SSSR count). The van der Waals surface area contributed by atoms with Crippen LogP contribution in [-0.4, -0.2) is 51.3 Å². The second-order valence-corrected chi connectivity index (χ2v) is 4.90. The number of guanidine groups is 1. The molecule has 0 fully saturated rings. The predicted molar refractivity (Wildman–Crippen MR) is 82.9 cm³/mol. The second-order valence-electron chi connectivity index (χ2n) is 4.90. The van der Waals surface area contributed by atoms with Crippen LogP contribution in [0.3, 0.4) is 0 Å². The van der Waals surface area contributed by atoms with Crippen molar-refractivity contribution < 1.29 is 9.53 Å². The van der Waals surface area contributed by atoms with E-state index in [1.165, 1.54) is 0 Å². The van der Waals surface area contributed by atoms with E-state index in [0.29, 0.717) is 18.4 Å². The summed E-state index contributed by atoms with van der Waals surface area (Å²) in [5, 5.41) is 9.01. The molecule has 0 aliphatic carbocycles. The van der Waals surface area contributed by atoms with Gasteiger partial charge in [-0.1, -0.05) is 13.8 Å². The van der Waals surface area contributed by atoms with Crippen LogP contribution in [0.25, 0.3) is 0 Å². The van der Waals surface area contributed by atoms with E-state index in [2.05, 4.69) is 34.8 Å². The maximum atomic E-state index is 11.3. The molecule has 1 amide bonds. The quantitative estimate of drug-likeness (QED) is 0.315. The maximum absolute atomic E-state index is 11.3. The van der Waals surface area contributed by atoms with E-state index in [-0.39, 0.29) is 12.5 Å². The zero-order chi connectivity index (χ0) is 15.2. The number of carbonyl (C=O) groups excluding carboxylic acids is 1. The molecular formula is C14H30N4O2. The summed E-state index contributed by atoms with van der Waals surface area (Å²) < 4.78 is 5.50. The van der Waals surface area contributed by atoms with Crippen molar-refractivity contribution in [3.05, 3.63) is 0 Å². The van der Waals surface area contributed by atoms with Crippen LogP contribution >= 0.6 is 0 Å². The highest BCUT2D eigenvalue weighted by Crippen LogP contribution is 1.92. The van der Waals surface area contributed by atoms with Crippen molar-refractivity contribution in [3.8, 4) is 0 Å². The van der Waals surface area contributed by atoms with Crippen LogP contribution in [0.1, 0.15) is 34.1 Å². The van der Waals surface area contributed by atoms with Crippen LogP contribution < -0.4 is 16.0 Å². The number of nitrogens with zero attached hydrogens (tertiary/aromatic N) is 1. The number of ether oxygens (including phenoxy) is 1. The van der Waals surface area contributed by atoms with Crippen LogP contribution in [0.15, 0.2) is 4.99 Å². The number of nitrogens with one attached hydrogen (secondary N) is 3. The van der Waals surface area contributed by atoms with E-state index in [1.807, 2.05) is 13.8 Å². The molecule has 0 bridgehead atoms. The highest BCUT2D eigenvalue weighted by Gasteiger charge is 2.00. The third-order valence-corrected chi connectivity index (χ3v) is 2.31. The second kappa shape index (κ2) is 12.7. The number of carbonyl (C=O) groups is 1. The van der Waals surface area contributed by atoms with E-state index < -0.39 is 0 Å². The Bertz CT molecular complexity index is 280. The van der Waals surface area contributed by atoms with Gasteiger partial charge in [-0.05, 0) is 26.2 Å². The summed E-state index contributed by atoms with van der Waals surface area (Å²) in [5.41, 5.74) is 0. The Labute approximate surface area is 122 Å². The summed E-state index contributed by atoms with van der Waals surface area (Å²) in [6.45, 7) is 12.0. The number of aliphatic imine (C=N–C) groups is 1. The van der Waals surface area contributed by atoms with Gasteiger partial charge in [0.1, 0.15) is 6.54 Å². The highest BCUT2D eigenvalue weighted by atomic mass is 16.5. The molecule has 0 unspecified atom stereocenters. The van der Waals surface area contributed by atoms with Gasteiger partial charge < -0.3 is 20.7 Å². The first kappa shape index (κ1) is 18.7. The fourth-order valence-electron chi connectivity index (χ4n) is 1.45. The van der Waals surface area contributed by atoms with Crippen molar-refractivity contribution >= 4 is 11.9 Å². The molecule has 118 valence electrons. The number of likely N-dealkylation sites (N-methyl/N-ethyl adjacent to an activating group) is 1. The molecule has 0 atom stereocenters. The molecule has 0 aromatic rings. The molecule has 6 nitrogen and oxygen atoms in total. The summed E-state index contributed by atoms with van der Waals surface area (Å²) >= 11 is 0. The van der Waals surface area contributed by atoms with Gasteiger partial charge in [0.25, 0.3) is 0 Å². The molecule has 0 saturated heterocycles. The summed E-state index contributed by atoms with van der Waals surface area (Å²) in [4.78, 5) is 15.6. The predicted octanol–water partition coefficient (Wildman–Crippen LogP) is 0.740. The minimum atomic E-state index is -0.0648. The molecule has 0 aromatic carbocycles. The van der Waals surface area contributed by atoms with Crippen molar-refractivity contribution in [2.45, 2.75) is 34.1 Å². The minimum absolute atomic E-state index is 0.0648. The Balaban J connectivity index is 3.84. The van der Waals surface area contributed by atoms with Crippen LogP contribution in [0, 0.1) is 5.92 Å². The van der Waals surface area contributed by atoms with Gasteiger partial charge in [0.05, 0.1) is 0 Å². The van der Waals surface area contributed by atoms with Gasteiger partial charge in [-0.25, -0.2) is 4.99 Å². The van der Waals surface area contributed by atoms with Crippen LogP contribution in [-0.2, 0) is 9.53 Å². The number of hydrogen-bond donors (Lipinski definition) is 3. The van der Waals surface area contributed by atoms with Gasteiger partial charge in [-0.15, -0.1) is 0 Å². The van der Waals surface area contributed by atoms with E-state index in [0.717, 1.165) is 32.7 Å². The molecule has 0 aromatic heterocycles. The largest absolute Gasteiger partial charge is 0.381 e. The lowest BCUT2D eigenvalue weighted by Crippen LogP contribution is -2.39. The molecule has 0 saturated carbocycles. The van der Waals surface area contributed by atoms with Gasteiger partial charge in [0.15, 0.2) is 5.96 Å². The topological polar surface area (TPSA) is 74.8 Å². The molecule has 6 heteroatoms. The Morgan fingerprint density at radius 3 is 2.45 bits per heavy atom. The minimum Gasteiger partial charge on any atom is -0.381 e. The zero-order valence-electron chi connectivity index (χ0n) is 13.3. The molecule has 0 spiro atoms. The van der Waals surface area contributed by atoms with Crippen LogP contribution in [0.4, 0.5) is 0 Å². The fourth-order valence-corrected chi connectivity index (χ4v) is 1.45. The van der Waals surface area contributed by atoms with Gasteiger partial charge in [-0.2, -0.15) is 0 Å².